The molecule has 1 fully saturated rings. The van der Waals surface area contributed by atoms with Gasteiger partial charge in [0.15, 0.2) is 5.60 Å². The third-order valence-electron chi connectivity index (χ3n) is 3.40. The number of aromatic nitrogens is 2. The van der Waals surface area contributed by atoms with Crippen LogP contribution in [0, 0.1) is 18.3 Å². The molecule has 3 N–H and O–H groups in total. The lowest BCUT2D eigenvalue weighted by Gasteiger charge is -2.23. The first kappa shape index (κ1) is 15.5. The van der Waals surface area contributed by atoms with Crippen LogP contribution in [0.2, 0.25) is 0 Å². The molecule has 2 heterocycles. The number of aliphatic hydroxyl groups excluding tert-OH is 2. The molecule has 0 aromatic carbocycles. The molecule has 1 aliphatic heterocycles. The molecule has 7 nitrogen and oxygen atoms in total. The van der Waals surface area contributed by atoms with Gasteiger partial charge in [-0.15, -0.1) is 6.42 Å². The normalized spacial score (nSPS) is 32.4. The van der Waals surface area contributed by atoms with Gasteiger partial charge in [0.1, 0.15) is 12.3 Å². The van der Waals surface area contributed by atoms with Crippen molar-refractivity contribution in [3.05, 3.63) is 44.7 Å². The molecule has 112 valence electrons. The highest BCUT2D eigenvalue weighted by molar-refractivity contribution is 6.25. The van der Waals surface area contributed by atoms with Gasteiger partial charge in [-0.2, -0.15) is 0 Å². The number of nitrogens with zero attached hydrogens (tertiary/aromatic N) is 1. The Morgan fingerprint density at radius 3 is 2.86 bits per heavy atom. The molecule has 1 aromatic heterocycles. The maximum atomic E-state index is 11.8. The van der Waals surface area contributed by atoms with E-state index in [0.29, 0.717) is 0 Å². The Morgan fingerprint density at radius 1 is 1.62 bits per heavy atom. The number of aliphatic hydroxyl groups is 2. The largest absolute Gasteiger partial charge is 0.392 e. The maximum absolute atomic E-state index is 11.8. The number of halogens is 1. The highest BCUT2D eigenvalue weighted by atomic mass is 35.5. The van der Waals surface area contributed by atoms with Gasteiger partial charge in [-0.3, -0.25) is 14.3 Å². The van der Waals surface area contributed by atoms with E-state index in [0.717, 1.165) is 16.2 Å². The van der Waals surface area contributed by atoms with Gasteiger partial charge in [0.05, 0.1) is 12.5 Å². The molecule has 21 heavy (non-hydrogen) atoms. The molecule has 2 rings (SSSR count). The zero-order chi connectivity index (χ0) is 15.6. The van der Waals surface area contributed by atoms with Crippen molar-refractivity contribution in [3.8, 4) is 12.3 Å². The van der Waals surface area contributed by atoms with Gasteiger partial charge in [0.25, 0.3) is 5.56 Å². The van der Waals surface area contributed by atoms with Crippen molar-refractivity contribution >= 4 is 11.6 Å². The third-order valence-corrected chi connectivity index (χ3v) is 3.55. The standard InChI is InChI=1S/C13H13ClN2O5/c1-2-13(7-17)10(19)8(3-5-14)11(21-13)16-6-4-9(18)15-12(16)20/h1,3-6,8,10-11,17,19H,7H2,(H,15,18,20)/b5-3-/t8-,10-,11+,13+/m0/s1. The van der Waals surface area contributed by atoms with Crippen LogP contribution in [-0.2, 0) is 4.74 Å². The monoisotopic (exact) mass is 312 g/mol. The zero-order valence-electron chi connectivity index (χ0n) is 10.8. The Kier molecular flexibility index (Phi) is 4.34. The smallest absolute Gasteiger partial charge is 0.330 e. The lowest BCUT2D eigenvalue weighted by Crippen LogP contribution is -2.43. The molecule has 1 saturated heterocycles. The summed E-state index contributed by atoms with van der Waals surface area (Å²) in [6.45, 7) is -0.633. The SMILES string of the molecule is C#C[C@]1(CO)O[C@@H](n2ccc(=O)[nH]c2=O)[C@@H](/C=C\Cl)[C@@H]1O. The average molecular weight is 313 g/mol. The summed E-state index contributed by atoms with van der Waals surface area (Å²) in [5.41, 5.74) is -1.78. The number of nitrogens with one attached hydrogen (secondary N) is 1. The van der Waals surface area contributed by atoms with E-state index in [9.17, 15) is 19.8 Å². The van der Waals surface area contributed by atoms with Crippen LogP contribution in [0.25, 0.3) is 0 Å². The van der Waals surface area contributed by atoms with Gasteiger partial charge in [0.2, 0.25) is 0 Å². The summed E-state index contributed by atoms with van der Waals surface area (Å²) < 4.78 is 6.60. The van der Waals surface area contributed by atoms with Gasteiger partial charge in [-0.1, -0.05) is 23.6 Å². The minimum absolute atomic E-state index is 0.565. The van der Waals surface area contributed by atoms with E-state index in [1.165, 1.54) is 12.3 Å². The number of rotatable bonds is 3. The molecule has 4 atom stereocenters. The van der Waals surface area contributed by atoms with Crippen molar-refractivity contribution in [3.63, 3.8) is 0 Å². The van der Waals surface area contributed by atoms with Crippen LogP contribution >= 0.6 is 11.6 Å². The third kappa shape index (κ3) is 2.54. The number of H-pyrrole nitrogens is 1. The molecule has 0 aliphatic carbocycles. The van der Waals surface area contributed by atoms with Crippen molar-refractivity contribution in [2.45, 2.75) is 17.9 Å². The van der Waals surface area contributed by atoms with Crippen molar-refractivity contribution < 1.29 is 14.9 Å². The van der Waals surface area contributed by atoms with Crippen LogP contribution in [0.5, 0.6) is 0 Å². The van der Waals surface area contributed by atoms with E-state index < -0.39 is 41.7 Å². The highest BCUT2D eigenvalue weighted by Crippen LogP contribution is 2.41. The first-order chi connectivity index (χ1) is 9.99. The Hall–Kier alpha value is -1.85. The molecule has 0 spiro atoms. The van der Waals surface area contributed by atoms with Gasteiger partial charge in [0, 0.05) is 17.8 Å². The molecule has 1 aliphatic rings. The zero-order valence-corrected chi connectivity index (χ0v) is 11.5. The highest BCUT2D eigenvalue weighted by Gasteiger charge is 2.53. The van der Waals surface area contributed by atoms with Gasteiger partial charge >= 0.3 is 5.69 Å². The predicted molar refractivity (Wildman–Crippen MR) is 74.6 cm³/mol. The molecule has 0 amide bonds. The van der Waals surface area contributed by atoms with E-state index in [1.807, 2.05) is 0 Å². The lowest BCUT2D eigenvalue weighted by molar-refractivity contribution is -0.0917. The first-order valence-corrected chi connectivity index (χ1v) is 6.45. The number of hydrogen-bond acceptors (Lipinski definition) is 5. The number of terminal acetylenes is 1. The molecule has 8 heteroatoms. The van der Waals surface area contributed by atoms with Gasteiger partial charge < -0.3 is 14.9 Å². The average Bonchev–Trinajstić information content (AvgIpc) is 2.74. The summed E-state index contributed by atoms with van der Waals surface area (Å²) in [4.78, 5) is 25.0. The van der Waals surface area contributed by atoms with Crippen molar-refractivity contribution in [2.75, 3.05) is 6.61 Å². The molecule has 1 aromatic rings. The number of hydrogen-bond donors (Lipinski definition) is 3. The molecule has 0 bridgehead atoms. The van der Waals surface area contributed by atoms with E-state index in [1.54, 1.807) is 0 Å². The Bertz CT molecular complexity index is 703. The fraction of sp³-hybridized carbons (Fsp3) is 0.385. The van der Waals surface area contributed by atoms with Gasteiger partial charge in [-0.05, 0) is 0 Å². The lowest BCUT2D eigenvalue weighted by atomic mass is 9.91. The quantitative estimate of drug-likeness (QED) is 0.631. The molecular weight excluding hydrogens is 300 g/mol. The summed E-state index contributed by atoms with van der Waals surface area (Å²) in [5.74, 6) is 1.44. The summed E-state index contributed by atoms with van der Waals surface area (Å²) >= 11 is 5.54. The van der Waals surface area contributed by atoms with Crippen LogP contribution in [-0.4, -0.2) is 38.1 Å². The van der Waals surface area contributed by atoms with E-state index in [-0.39, 0.29) is 0 Å². The Balaban J connectivity index is 2.54. The second-order valence-electron chi connectivity index (χ2n) is 4.56. The number of ether oxygens (including phenoxy) is 1. The van der Waals surface area contributed by atoms with Crippen LogP contribution in [0.4, 0.5) is 0 Å². The summed E-state index contributed by atoms with van der Waals surface area (Å²) in [5, 5.41) is 19.7. The molecule has 0 radical (unpaired) electrons. The van der Waals surface area contributed by atoms with Crippen molar-refractivity contribution in [1.29, 1.82) is 0 Å². The first-order valence-electron chi connectivity index (χ1n) is 6.02. The van der Waals surface area contributed by atoms with Crippen LogP contribution in [0.3, 0.4) is 0 Å². The summed E-state index contributed by atoms with van der Waals surface area (Å²) in [6.07, 6.45) is 5.68. The maximum Gasteiger partial charge on any atom is 0.330 e. The van der Waals surface area contributed by atoms with Gasteiger partial charge in [-0.25, -0.2) is 4.79 Å². The topological polar surface area (TPSA) is 105 Å². The summed E-state index contributed by atoms with van der Waals surface area (Å²) in [7, 11) is 0. The van der Waals surface area contributed by atoms with Crippen molar-refractivity contribution in [1.82, 2.24) is 9.55 Å². The van der Waals surface area contributed by atoms with Crippen LogP contribution in [0.15, 0.2) is 33.5 Å². The minimum atomic E-state index is -1.65. The Morgan fingerprint density at radius 2 is 2.33 bits per heavy atom. The second-order valence-corrected chi connectivity index (χ2v) is 4.81. The molecule has 0 unspecified atom stereocenters. The minimum Gasteiger partial charge on any atom is -0.392 e. The number of aromatic amines is 1. The Labute approximate surface area is 124 Å². The van der Waals surface area contributed by atoms with Crippen molar-refractivity contribution in [2.24, 2.45) is 5.92 Å². The van der Waals surface area contributed by atoms with E-state index in [4.69, 9.17) is 22.8 Å². The second kappa shape index (κ2) is 5.87. The molecule has 0 saturated carbocycles. The van der Waals surface area contributed by atoms with Crippen LogP contribution in [0.1, 0.15) is 6.23 Å². The molecular formula is C13H13ClN2O5. The van der Waals surface area contributed by atoms with E-state index >= 15 is 0 Å². The summed E-state index contributed by atoms with van der Waals surface area (Å²) in [6, 6.07) is 1.13. The predicted octanol–water partition coefficient (Wildman–Crippen LogP) is -0.841. The van der Waals surface area contributed by atoms with E-state index in [2.05, 4.69) is 10.9 Å². The fourth-order valence-electron chi connectivity index (χ4n) is 2.28. The fourth-order valence-corrected chi connectivity index (χ4v) is 2.45. The van der Waals surface area contributed by atoms with Crippen LogP contribution < -0.4 is 11.2 Å².